The Morgan fingerprint density at radius 3 is 2.38 bits per heavy atom. The number of carbonyl (C=O) groups excluding carboxylic acids is 2. The molecule has 0 aliphatic heterocycles. The van der Waals surface area contributed by atoms with Crippen LogP contribution >= 0.6 is 23.2 Å². The van der Waals surface area contributed by atoms with Crippen molar-refractivity contribution in [3.63, 3.8) is 0 Å². The molecule has 0 aliphatic carbocycles. The van der Waals surface area contributed by atoms with Crippen LogP contribution < -0.4 is 0 Å². The Bertz CT molecular complexity index is 803. The van der Waals surface area contributed by atoms with E-state index in [1.165, 1.54) is 12.2 Å². The molecule has 1 N–H and O–H groups in total. The number of hydrogen-bond donors (Lipinski definition) is 1. The lowest BCUT2D eigenvalue weighted by atomic mass is 10.2. The van der Waals surface area contributed by atoms with Gasteiger partial charge in [0.1, 0.15) is 0 Å². The van der Waals surface area contributed by atoms with Crippen molar-refractivity contribution in [1.29, 1.82) is 0 Å². The van der Waals surface area contributed by atoms with Crippen molar-refractivity contribution in [3.05, 3.63) is 63.9 Å². The molecule has 0 fully saturated rings. The smallest absolute Gasteiger partial charge is 0.372 e. The highest BCUT2D eigenvalue weighted by atomic mass is 35.5. The van der Waals surface area contributed by atoms with Gasteiger partial charge in [-0.15, -0.1) is 0 Å². The number of carboxylic acids is 1. The molecule has 0 aliphatic rings. The van der Waals surface area contributed by atoms with Gasteiger partial charge in [0.05, 0.1) is 13.0 Å². The molecule has 0 radical (unpaired) electrons. The Kier molecular flexibility index (Phi) is 5.95. The molecular weight excluding hydrogens is 353 g/mol. The Labute approximate surface area is 148 Å². The van der Waals surface area contributed by atoms with Crippen molar-refractivity contribution < 1.29 is 19.5 Å². The van der Waals surface area contributed by atoms with Gasteiger partial charge in [-0.1, -0.05) is 29.3 Å². The number of ketones is 2. The Morgan fingerprint density at radius 1 is 1.08 bits per heavy atom. The molecule has 0 unspecified atom stereocenters. The van der Waals surface area contributed by atoms with Gasteiger partial charge in [0, 0.05) is 27.5 Å². The predicted octanol–water partition coefficient (Wildman–Crippen LogP) is 3.47. The summed E-state index contributed by atoms with van der Waals surface area (Å²) in [6.45, 7) is 0.410. The van der Waals surface area contributed by atoms with E-state index in [1.807, 2.05) is 4.57 Å². The van der Waals surface area contributed by atoms with Crippen LogP contribution in [0.25, 0.3) is 6.08 Å². The minimum absolute atomic E-state index is 0.410. The van der Waals surface area contributed by atoms with Gasteiger partial charge in [-0.3, -0.25) is 9.59 Å². The average molecular weight is 366 g/mol. The van der Waals surface area contributed by atoms with Crippen LogP contribution in [0.2, 0.25) is 10.0 Å². The monoisotopic (exact) mass is 365 g/mol. The highest BCUT2D eigenvalue weighted by molar-refractivity contribution is 6.37. The summed E-state index contributed by atoms with van der Waals surface area (Å²) in [6.07, 6.45) is 3.83. The van der Waals surface area contributed by atoms with Crippen LogP contribution in [0.4, 0.5) is 0 Å². The van der Waals surface area contributed by atoms with E-state index in [4.69, 9.17) is 28.3 Å². The molecule has 2 rings (SSSR count). The summed E-state index contributed by atoms with van der Waals surface area (Å²) >= 11 is 12.3. The van der Waals surface area contributed by atoms with Crippen LogP contribution in [0, 0.1) is 0 Å². The topological polar surface area (TPSA) is 76.4 Å². The van der Waals surface area contributed by atoms with Crippen molar-refractivity contribution in [1.82, 2.24) is 4.57 Å². The molecule has 0 amide bonds. The van der Waals surface area contributed by atoms with Gasteiger partial charge in [-0.25, -0.2) is 4.79 Å². The fraction of sp³-hybridized carbons (Fsp3) is 0.118. The van der Waals surface area contributed by atoms with Crippen LogP contribution in [-0.2, 0) is 20.9 Å². The highest BCUT2D eigenvalue weighted by Crippen LogP contribution is 2.25. The van der Waals surface area contributed by atoms with Gasteiger partial charge in [0.2, 0.25) is 5.78 Å². The molecule has 24 heavy (non-hydrogen) atoms. The van der Waals surface area contributed by atoms with E-state index in [2.05, 4.69) is 0 Å². The molecule has 2 aromatic rings. The van der Waals surface area contributed by atoms with Gasteiger partial charge in [0.25, 0.3) is 0 Å². The third-order valence-electron chi connectivity index (χ3n) is 3.27. The second kappa shape index (κ2) is 7.95. The number of benzene rings is 1. The zero-order chi connectivity index (χ0) is 17.7. The molecule has 0 saturated heterocycles. The largest absolute Gasteiger partial charge is 0.475 e. The highest BCUT2D eigenvalue weighted by Gasteiger charge is 2.14. The average Bonchev–Trinajstić information content (AvgIpc) is 2.96. The number of nitrogens with zero attached hydrogens (tertiary/aromatic N) is 1. The summed E-state index contributed by atoms with van der Waals surface area (Å²) in [5.74, 6) is -3.33. The minimum Gasteiger partial charge on any atom is -0.475 e. The van der Waals surface area contributed by atoms with Crippen LogP contribution in [0.3, 0.4) is 0 Å². The number of carboxylic acid groups (broad SMARTS) is 1. The zero-order valence-electron chi connectivity index (χ0n) is 12.4. The lowest BCUT2D eigenvalue weighted by molar-refractivity contribution is -0.149. The fourth-order valence-electron chi connectivity index (χ4n) is 2.05. The van der Waals surface area contributed by atoms with E-state index in [9.17, 15) is 14.4 Å². The second-order valence-corrected chi connectivity index (χ2v) is 5.78. The van der Waals surface area contributed by atoms with Crippen LogP contribution in [0.5, 0.6) is 0 Å². The lowest BCUT2D eigenvalue weighted by Crippen LogP contribution is -2.15. The number of hydrogen-bond acceptors (Lipinski definition) is 3. The van der Waals surface area contributed by atoms with E-state index in [0.717, 1.165) is 5.56 Å². The molecular formula is C17H13Cl2NO4. The molecule has 1 aromatic heterocycles. The van der Waals surface area contributed by atoms with Gasteiger partial charge in [0.15, 0.2) is 5.78 Å². The van der Waals surface area contributed by atoms with Gasteiger partial charge in [-0.05, 0) is 36.4 Å². The Morgan fingerprint density at radius 2 is 1.75 bits per heavy atom. The molecule has 0 bridgehead atoms. The van der Waals surface area contributed by atoms with E-state index in [1.54, 1.807) is 36.5 Å². The molecule has 1 aromatic carbocycles. The second-order valence-electron chi connectivity index (χ2n) is 4.97. The maximum atomic E-state index is 11.6. The van der Waals surface area contributed by atoms with Crippen LogP contribution in [-0.4, -0.2) is 27.2 Å². The summed E-state index contributed by atoms with van der Waals surface area (Å²) in [7, 11) is 0. The maximum absolute atomic E-state index is 11.6. The number of Topliss-reactive ketones (excluding diaryl/α,β-unsaturated/α-hetero) is 1. The van der Waals surface area contributed by atoms with Gasteiger partial charge < -0.3 is 9.67 Å². The maximum Gasteiger partial charge on any atom is 0.372 e. The zero-order valence-corrected chi connectivity index (χ0v) is 13.9. The first-order chi connectivity index (χ1) is 11.4. The predicted molar refractivity (Wildman–Crippen MR) is 91.3 cm³/mol. The van der Waals surface area contributed by atoms with Crippen molar-refractivity contribution in [3.8, 4) is 0 Å². The normalized spacial score (nSPS) is 10.9. The van der Waals surface area contributed by atoms with Crippen molar-refractivity contribution in [2.75, 3.05) is 0 Å². The molecule has 0 saturated carbocycles. The van der Waals surface area contributed by atoms with Crippen LogP contribution in [0.1, 0.15) is 17.7 Å². The fourth-order valence-corrected chi connectivity index (χ4v) is 2.56. The molecule has 7 heteroatoms. The molecule has 1 heterocycles. The van der Waals surface area contributed by atoms with Crippen molar-refractivity contribution in [2.24, 2.45) is 0 Å². The summed E-state index contributed by atoms with van der Waals surface area (Å²) in [5.41, 5.74) is 1.45. The van der Waals surface area contributed by atoms with Gasteiger partial charge in [-0.2, -0.15) is 0 Å². The molecule has 0 spiro atoms. The van der Waals surface area contributed by atoms with E-state index in [0.29, 0.717) is 22.3 Å². The molecule has 0 atom stereocenters. The Balaban J connectivity index is 2.13. The number of aromatic nitrogens is 1. The quantitative estimate of drug-likeness (QED) is 0.463. The van der Waals surface area contributed by atoms with Gasteiger partial charge >= 0.3 is 5.97 Å². The Hall–Kier alpha value is -2.37. The number of aliphatic carboxylic acids is 1. The van der Waals surface area contributed by atoms with Crippen molar-refractivity contribution in [2.45, 2.75) is 13.0 Å². The third-order valence-corrected chi connectivity index (χ3v) is 3.98. The molecule has 124 valence electrons. The summed E-state index contributed by atoms with van der Waals surface area (Å²) in [5, 5.41) is 9.56. The first-order valence-corrected chi connectivity index (χ1v) is 7.69. The third kappa shape index (κ3) is 4.57. The summed E-state index contributed by atoms with van der Waals surface area (Å²) in [6, 6.07) is 8.79. The number of allylic oxidation sites excluding steroid dienone is 1. The first-order valence-electron chi connectivity index (χ1n) is 6.93. The van der Waals surface area contributed by atoms with Crippen LogP contribution in [0.15, 0.2) is 42.6 Å². The van der Waals surface area contributed by atoms with Crippen molar-refractivity contribution >= 4 is 46.8 Å². The number of halogens is 2. The first kappa shape index (κ1) is 18.0. The SMILES string of the molecule is O=C(/C=C/c1cccn1Cc1c(Cl)cccc1Cl)CC(=O)C(=O)O. The van der Waals surface area contributed by atoms with E-state index >= 15 is 0 Å². The summed E-state index contributed by atoms with van der Waals surface area (Å²) < 4.78 is 1.83. The van der Waals surface area contributed by atoms with E-state index in [-0.39, 0.29) is 0 Å². The molecule has 5 nitrogen and oxygen atoms in total. The minimum atomic E-state index is -1.62. The van der Waals surface area contributed by atoms with E-state index < -0.39 is 24.0 Å². The summed E-state index contributed by atoms with van der Waals surface area (Å²) in [4.78, 5) is 33.1. The standard InChI is InChI=1S/C17H13Cl2NO4/c18-14-4-1-5-15(19)13(14)10-20-8-2-3-11(20)6-7-12(21)9-16(22)17(23)24/h1-8H,9-10H2,(H,23,24)/b7-6+. The number of carbonyl (C=O) groups is 3. The lowest BCUT2D eigenvalue weighted by Gasteiger charge is -2.10. The number of rotatable bonds is 7.